The normalized spacial score (nSPS) is 21.8. The van der Waals surface area contributed by atoms with E-state index in [4.69, 9.17) is 0 Å². The molecule has 0 bridgehead atoms. The second kappa shape index (κ2) is 9.08. The van der Waals surface area contributed by atoms with Crippen LogP contribution in [0.2, 0.25) is 0 Å². The Bertz CT molecular complexity index is 532. The van der Waals surface area contributed by atoms with E-state index < -0.39 is 0 Å². The first-order chi connectivity index (χ1) is 11.5. The third kappa shape index (κ3) is 5.52. The number of rotatable bonds is 7. The standard InChI is InChI=1S/C22H34N2/c1-6-7-18-8-10-19(11-9-18)20-12-14-21(15-13-20)22(16-23(2)3)17-24(4)5/h6,12-16,18-19H,1,7-11,17H2,2-5H3. The molecule has 0 spiro atoms. The largest absolute Gasteiger partial charge is 0.383 e. The van der Waals surface area contributed by atoms with Crippen LogP contribution < -0.4 is 0 Å². The van der Waals surface area contributed by atoms with E-state index >= 15 is 0 Å². The van der Waals surface area contributed by atoms with Crippen molar-refractivity contribution in [2.75, 3.05) is 34.7 Å². The summed E-state index contributed by atoms with van der Waals surface area (Å²) in [4.78, 5) is 4.36. The lowest BCUT2D eigenvalue weighted by Crippen LogP contribution is -2.16. The number of nitrogens with zero attached hydrogens (tertiary/aromatic N) is 2. The van der Waals surface area contributed by atoms with Gasteiger partial charge in [-0.3, -0.25) is 0 Å². The van der Waals surface area contributed by atoms with Crippen LogP contribution in [0.25, 0.3) is 5.57 Å². The Kier molecular flexibility index (Phi) is 7.11. The van der Waals surface area contributed by atoms with E-state index in [-0.39, 0.29) is 0 Å². The first kappa shape index (κ1) is 18.8. The first-order valence-electron chi connectivity index (χ1n) is 9.22. The van der Waals surface area contributed by atoms with Gasteiger partial charge < -0.3 is 9.80 Å². The highest BCUT2D eigenvalue weighted by Crippen LogP contribution is 2.37. The second-order valence-electron chi connectivity index (χ2n) is 7.72. The average molecular weight is 327 g/mol. The van der Waals surface area contributed by atoms with Gasteiger partial charge in [-0.05, 0) is 74.7 Å². The van der Waals surface area contributed by atoms with E-state index in [1.54, 1.807) is 0 Å². The summed E-state index contributed by atoms with van der Waals surface area (Å²) in [5.41, 5.74) is 4.22. The summed E-state index contributed by atoms with van der Waals surface area (Å²) in [7, 11) is 8.43. The molecule has 24 heavy (non-hydrogen) atoms. The highest BCUT2D eigenvalue weighted by Gasteiger charge is 2.21. The minimum Gasteiger partial charge on any atom is -0.383 e. The van der Waals surface area contributed by atoms with Crippen LogP contribution in [0.4, 0.5) is 0 Å². The molecule has 1 fully saturated rings. The molecule has 0 aliphatic heterocycles. The van der Waals surface area contributed by atoms with Crippen molar-refractivity contribution in [3.8, 4) is 0 Å². The summed E-state index contributed by atoms with van der Waals surface area (Å²) < 4.78 is 0. The van der Waals surface area contributed by atoms with Gasteiger partial charge in [-0.25, -0.2) is 0 Å². The number of likely N-dealkylation sites (N-methyl/N-ethyl adjacent to an activating group) is 1. The molecular formula is C22H34N2. The van der Waals surface area contributed by atoms with Crippen molar-refractivity contribution in [3.05, 3.63) is 54.2 Å². The molecule has 2 nitrogen and oxygen atoms in total. The lowest BCUT2D eigenvalue weighted by Gasteiger charge is -2.28. The lowest BCUT2D eigenvalue weighted by molar-refractivity contribution is 0.328. The zero-order valence-electron chi connectivity index (χ0n) is 16.0. The Morgan fingerprint density at radius 2 is 1.67 bits per heavy atom. The van der Waals surface area contributed by atoms with Crippen LogP contribution in [0.15, 0.2) is 43.1 Å². The summed E-state index contributed by atoms with van der Waals surface area (Å²) in [5.74, 6) is 1.61. The number of allylic oxidation sites excluding steroid dienone is 1. The molecule has 0 radical (unpaired) electrons. The summed E-state index contributed by atoms with van der Waals surface area (Å²) in [5, 5.41) is 0. The van der Waals surface area contributed by atoms with Crippen LogP contribution in [0.1, 0.15) is 49.1 Å². The van der Waals surface area contributed by atoms with Gasteiger partial charge in [0.05, 0.1) is 0 Å². The number of hydrogen-bond acceptors (Lipinski definition) is 2. The molecule has 1 aromatic rings. The van der Waals surface area contributed by atoms with E-state index in [1.165, 1.54) is 48.8 Å². The second-order valence-corrected chi connectivity index (χ2v) is 7.72. The maximum Gasteiger partial charge on any atom is 0.0247 e. The smallest absolute Gasteiger partial charge is 0.0247 e. The molecule has 0 N–H and O–H groups in total. The lowest BCUT2D eigenvalue weighted by atomic mass is 9.77. The monoisotopic (exact) mass is 326 g/mol. The van der Waals surface area contributed by atoms with Crippen LogP contribution in [0.5, 0.6) is 0 Å². The Labute approximate surface area is 148 Å². The molecule has 0 aromatic heterocycles. The maximum atomic E-state index is 3.89. The fraction of sp³-hybridized carbons (Fsp3) is 0.545. The predicted molar refractivity (Wildman–Crippen MR) is 106 cm³/mol. The van der Waals surface area contributed by atoms with Crippen molar-refractivity contribution >= 4 is 5.57 Å². The van der Waals surface area contributed by atoms with E-state index in [9.17, 15) is 0 Å². The molecule has 1 aromatic carbocycles. The van der Waals surface area contributed by atoms with E-state index in [2.05, 4.69) is 81.1 Å². The highest BCUT2D eigenvalue weighted by atomic mass is 15.1. The molecular weight excluding hydrogens is 292 g/mol. The summed E-state index contributed by atoms with van der Waals surface area (Å²) in [6.45, 7) is 4.85. The summed E-state index contributed by atoms with van der Waals surface area (Å²) in [6, 6.07) is 9.33. The Hall–Kier alpha value is -1.54. The Morgan fingerprint density at radius 1 is 1.04 bits per heavy atom. The molecule has 0 amide bonds. The minimum absolute atomic E-state index is 0.746. The Balaban J connectivity index is 2.05. The minimum atomic E-state index is 0.746. The molecule has 2 rings (SSSR count). The van der Waals surface area contributed by atoms with Gasteiger partial charge in [-0.15, -0.1) is 6.58 Å². The third-order valence-electron chi connectivity index (χ3n) is 5.00. The van der Waals surface area contributed by atoms with Crippen molar-refractivity contribution in [2.45, 2.75) is 38.0 Å². The van der Waals surface area contributed by atoms with Gasteiger partial charge in [0.25, 0.3) is 0 Å². The van der Waals surface area contributed by atoms with Crippen molar-refractivity contribution in [3.63, 3.8) is 0 Å². The van der Waals surface area contributed by atoms with E-state index in [1.807, 2.05) is 0 Å². The zero-order valence-corrected chi connectivity index (χ0v) is 16.0. The van der Waals surface area contributed by atoms with Crippen molar-refractivity contribution in [1.82, 2.24) is 9.80 Å². The molecule has 1 aliphatic carbocycles. The summed E-state index contributed by atoms with van der Waals surface area (Å²) in [6.07, 6.45) is 10.9. The van der Waals surface area contributed by atoms with Crippen LogP contribution in [0, 0.1) is 5.92 Å². The highest BCUT2D eigenvalue weighted by molar-refractivity contribution is 5.66. The van der Waals surface area contributed by atoms with Gasteiger partial charge in [0.1, 0.15) is 0 Å². The van der Waals surface area contributed by atoms with Gasteiger partial charge in [0.15, 0.2) is 0 Å². The molecule has 0 saturated heterocycles. The van der Waals surface area contributed by atoms with Gasteiger partial charge in [-0.1, -0.05) is 30.3 Å². The van der Waals surface area contributed by atoms with Crippen LogP contribution >= 0.6 is 0 Å². The Morgan fingerprint density at radius 3 is 2.17 bits per heavy atom. The van der Waals surface area contributed by atoms with E-state index in [0.717, 1.165) is 18.4 Å². The number of hydrogen-bond donors (Lipinski definition) is 0. The third-order valence-corrected chi connectivity index (χ3v) is 5.00. The average Bonchev–Trinajstić information content (AvgIpc) is 2.55. The molecule has 1 saturated carbocycles. The number of benzene rings is 1. The fourth-order valence-electron chi connectivity index (χ4n) is 3.80. The topological polar surface area (TPSA) is 6.48 Å². The summed E-state index contributed by atoms with van der Waals surface area (Å²) >= 11 is 0. The molecule has 0 unspecified atom stereocenters. The van der Waals surface area contributed by atoms with Gasteiger partial charge in [0.2, 0.25) is 0 Å². The zero-order chi connectivity index (χ0) is 17.5. The molecule has 1 aliphatic rings. The fourth-order valence-corrected chi connectivity index (χ4v) is 3.80. The quantitative estimate of drug-likeness (QED) is 0.651. The van der Waals surface area contributed by atoms with Crippen LogP contribution in [0.3, 0.4) is 0 Å². The molecule has 0 atom stereocenters. The van der Waals surface area contributed by atoms with Crippen molar-refractivity contribution in [1.29, 1.82) is 0 Å². The predicted octanol–water partition coefficient (Wildman–Crippen LogP) is 5.00. The van der Waals surface area contributed by atoms with E-state index in [0.29, 0.717) is 0 Å². The molecule has 0 heterocycles. The van der Waals surface area contributed by atoms with Gasteiger partial charge >= 0.3 is 0 Å². The van der Waals surface area contributed by atoms with Crippen LogP contribution in [-0.4, -0.2) is 44.5 Å². The molecule has 2 heteroatoms. The SMILES string of the molecule is C=CCC1CCC(c2ccc(C(=CN(C)C)CN(C)C)cc2)CC1. The van der Waals surface area contributed by atoms with Crippen LogP contribution in [-0.2, 0) is 0 Å². The maximum absolute atomic E-state index is 3.89. The first-order valence-corrected chi connectivity index (χ1v) is 9.22. The van der Waals surface area contributed by atoms with Gasteiger partial charge in [0, 0.05) is 26.8 Å². The van der Waals surface area contributed by atoms with Gasteiger partial charge in [-0.2, -0.15) is 0 Å². The van der Waals surface area contributed by atoms with Crippen molar-refractivity contribution in [2.24, 2.45) is 5.92 Å². The molecule has 132 valence electrons. The van der Waals surface area contributed by atoms with Crippen molar-refractivity contribution < 1.29 is 0 Å².